The molecular formula is C40H52O4P+. The molecule has 4 aromatic carbocycles. The summed E-state index contributed by atoms with van der Waals surface area (Å²) in [6.45, 7) is 24.9. The van der Waals surface area contributed by atoms with E-state index < -0.39 is 7.26 Å². The summed E-state index contributed by atoms with van der Waals surface area (Å²) in [7, 11) is -2.41. The Morgan fingerprint density at radius 3 is 0.578 bits per heavy atom. The molecule has 0 bridgehead atoms. The van der Waals surface area contributed by atoms with Gasteiger partial charge in [0.05, 0.1) is 0 Å². The van der Waals surface area contributed by atoms with Gasteiger partial charge in [0.1, 0.15) is 73.9 Å². The molecule has 0 aliphatic heterocycles. The molecule has 0 unspecified atom stereocenters. The van der Waals surface area contributed by atoms with Crippen molar-refractivity contribution in [1.29, 1.82) is 0 Å². The van der Waals surface area contributed by atoms with E-state index >= 15 is 0 Å². The van der Waals surface area contributed by atoms with Crippen molar-refractivity contribution in [2.75, 3.05) is 0 Å². The van der Waals surface area contributed by atoms with Crippen LogP contribution in [0.15, 0.2) is 97.1 Å². The Bertz CT molecular complexity index is 1280. The van der Waals surface area contributed by atoms with Gasteiger partial charge in [0.2, 0.25) is 0 Å². The standard InChI is InChI=1S/C40H52O4P/c1-37(2,3)41-29-13-21-33(22-14-29)45(34-23-15-30(16-24-34)42-38(4,5)6,35-25-17-31(18-26-35)43-39(7,8)9)36-27-19-32(20-28-36)44-40(10,11)12/h13-28H,1-12H3/q+1. The van der Waals surface area contributed by atoms with Crippen molar-refractivity contribution in [3.05, 3.63) is 97.1 Å². The van der Waals surface area contributed by atoms with Crippen molar-refractivity contribution in [2.45, 2.75) is 105 Å². The second-order valence-electron chi connectivity index (χ2n) is 15.5. The van der Waals surface area contributed by atoms with Crippen LogP contribution in [-0.2, 0) is 0 Å². The van der Waals surface area contributed by atoms with E-state index in [1.807, 2.05) is 0 Å². The highest BCUT2D eigenvalue weighted by molar-refractivity contribution is 8.01. The SMILES string of the molecule is CC(C)(C)Oc1ccc([P+](c2ccc(OC(C)(C)C)cc2)(c2ccc(OC(C)(C)C)cc2)c2ccc(OC(C)(C)C)cc2)cc1. The Morgan fingerprint density at radius 2 is 0.444 bits per heavy atom. The zero-order valence-corrected chi connectivity index (χ0v) is 30.2. The summed E-state index contributed by atoms with van der Waals surface area (Å²) in [6, 6.07) is 34.6. The minimum atomic E-state index is -2.41. The molecule has 0 radical (unpaired) electrons. The summed E-state index contributed by atoms with van der Waals surface area (Å²) in [5.41, 5.74) is -1.16. The van der Waals surface area contributed by atoms with Crippen LogP contribution >= 0.6 is 7.26 Å². The smallest absolute Gasteiger partial charge is 0.144 e. The molecule has 0 aliphatic rings. The molecule has 45 heavy (non-hydrogen) atoms. The minimum Gasteiger partial charge on any atom is -0.488 e. The van der Waals surface area contributed by atoms with Crippen LogP contribution in [0.25, 0.3) is 0 Å². The van der Waals surface area contributed by atoms with Gasteiger partial charge in [-0.15, -0.1) is 0 Å². The van der Waals surface area contributed by atoms with Crippen LogP contribution in [0.4, 0.5) is 0 Å². The third kappa shape index (κ3) is 9.27. The minimum absolute atomic E-state index is 0.289. The lowest BCUT2D eigenvalue weighted by Crippen LogP contribution is -2.39. The molecule has 0 atom stereocenters. The molecule has 0 heterocycles. The Labute approximate surface area is 272 Å². The fourth-order valence-electron chi connectivity index (χ4n) is 5.26. The van der Waals surface area contributed by atoms with E-state index in [1.165, 1.54) is 21.2 Å². The lowest BCUT2D eigenvalue weighted by molar-refractivity contribution is 0.130. The predicted molar refractivity (Wildman–Crippen MR) is 193 cm³/mol. The van der Waals surface area contributed by atoms with Gasteiger partial charge in [0.15, 0.2) is 0 Å². The van der Waals surface area contributed by atoms with E-state index in [0.717, 1.165) is 23.0 Å². The lowest BCUT2D eigenvalue weighted by atomic mass is 10.2. The van der Waals surface area contributed by atoms with E-state index in [4.69, 9.17) is 18.9 Å². The van der Waals surface area contributed by atoms with Crippen LogP contribution < -0.4 is 40.2 Å². The van der Waals surface area contributed by atoms with E-state index in [0.29, 0.717) is 0 Å². The number of hydrogen-bond donors (Lipinski definition) is 0. The average Bonchev–Trinajstić information content (AvgIpc) is 2.89. The fourth-order valence-corrected chi connectivity index (χ4v) is 9.43. The maximum Gasteiger partial charge on any atom is 0.144 e. The maximum absolute atomic E-state index is 6.24. The number of hydrogen-bond acceptors (Lipinski definition) is 4. The first-order chi connectivity index (χ1) is 20.7. The zero-order valence-electron chi connectivity index (χ0n) is 29.3. The van der Waals surface area contributed by atoms with Crippen molar-refractivity contribution in [3.8, 4) is 23.0 Å². The van der Waals surface area contributed by atoms with Crippen molar-refractivity contribution in [2.24, 2.45) is 0 Å². The van der Waals surface area contributed by atoms with Gasteiger partial charge in [-0.05, 0) is 180 Å². The summed E-state index contributed by atoms with van der Waals surface area (Å²) in [4.78, 5) is 0. The Hall–Kier alpha value is -3.49. The normalized spacial score (nSPS) is 12.9. The van der Waals surface area contributed by atoms with Crippen LogP contribution in [0.3, 0.4) is 0 Å². The average molecular weight is 628 g/mol. The molecule has 4 nitrogen and oxygen atoms in total. The highest BCUT2D eigenvalue weighted by Gasteiger charge is 2.48. The van der Waals surface area contributed by atoms with Gasteiger partial charge in [0, 0.05) is 0 Å². The molecule has 4 aromatic rings. The highest BCUT2D eigenvalue weighted by atomic mass is 31.2. The van der Waals surface area contributed by atoms with Crippen LogP contribution in [0.5, 0.6) is 23.0 Å². The molecule has 0 amide bonds. The molecule has 0 saturated carbocycles. The molecule has 5 heteroatoms. The van der Waals surface area contributed by atoms with Gasteiger partial charge in [-0.3, -0.25) is 0 Å². The third-order valence-electron chi connectivity index (χ3n) is 6.59. The van der Waals surface area contributed by atoms with Gasteiger partial charge >= 0.3 is 0 Å². The Kier molecular flexibility index (Phi) is 9.72. The number of ether oxygens (including phenoxy) is 4. The molecule has 0 N–H and O–H groups in total. The molecule has 0 aromatic heterocycles. The molecular weight excluding hydrogens is 575 g/mol. The predicted octanol–water partition coefficient (Wildman–Crippen LogP) is 9.02. The zero-order chi connectivity index (χ0) is 33.3. The van der Waals surface area contributed by atoms with E-state index in [9.17, 15) is 0 Å². The third-order valence-corrected chi connectivity index (χ3v) is 10.9. The molecule has 4 rings (SSSR count). The van der Waals surface area contributed by atoms with Crippen molar-refractivity contribution < 1.29 is 18.9 Å². The molecule has 0 spiro atoms. The quantitative estimate of drug-likeness (QED) is 0.183. The summed E-state index contributed by atoms with van der Waals surface area (Å²) >= 11 is 0. The van der Waals surface area contributed by atoms with E-state index in [2.05, 4.69) is 180 Å². The first-order valence-electron chi connectivity index (χ1n) is 15.8. The van der Waals surface area contributed by atoms with Crippen molar-refractivity contribution in [3.63, 3.8) is 0 Å². The highest BCUT2D eigenvalue weighted by Crippen LogP contribution is 2.55. The monoisotopic (exact) mass is 627 g/mol. The second-order valence-corrected chi connectivity index (χ2v) is 18.9. The lowest BCUT2D eigenvalue weighted by Gasteiger charge is -2.29. The van der Waals surface area contributed by atoms with Crippen molar-refractivity contribution in [1.82, 2.24) is 0 Å². The van der Waals surface area contributed by atoms with Gasteiger partial charge in [0.25, 0.3) is 0 Å². The number of benzene rings is 4. The first-order valence-corrected chi connectivity index (χ1v) is 17.6. The number of rotatable bonds is 8. The van der Waals surface area contributed by atoms with Crippen LogP contribution in [0.2, 0.25) is 0 Å². The molecule has 0 saturated heterocycles. The molecule has 0 aliphatic carbocycles. The summed E-state index contributed by atoms with van der Waals surface area (Å²) in [5.74, 6) is 3.39. The Balaban J connectivity index is 1.98. The Morgan fingerprint density at radius 1 is 0.289 bits per heavy atom. The van der Waals surface area contributed by atoms with Crippen molar-refractivity contribution >= 4 is 28.5 Å². The maximum atomic E-state index is 6.24. The van der Waals surface area contributed by atoms with E-state index in [1.54, 1.807) is 0 Å². The largest absolute Gasteiger partial charge is 0.488 e. The molecule has 240 valence electrons. The molecule has 0 fully saturated rings. The van der Waals surface area contributed by atoms with Gasteiger partial charge < -0.3 is 18.9 Å². The second kappa shape index (κ2) is 12.7. The summed E-state index contributed by atoms with van der Waals surface area (Å²) in [6.07, 6.45) is 0. The van der Waals surface area contributed by atoms with Crippen LogP contribution in [0.1, 0.15) is 83.1 Å². The fraction of sp³-hybridized carbons (Fsp3) is 0.400. The first kappa shape index (κ1) is 34.4. The van der Waals surface area contributed by atoms with Crippen LogP contribution in [-0.4, -0.2) is 22.4 Å². The van der Waals surface area contributed by atoms with E-state index in [-0.39, 0.29) is 22.4 Å². The van der Waals surface area contributed by atoms with Gasteiger partial charge in [-0.25, -0.2) is 0 Å². The van der Waals surface area contributed by atoms with Gasteiger partial charge in [-0.2, -0.15) is 0 Å². The topological polar surface area (TPSA) is 36.9 Å². The summed E-state index contributed by atoms with van der Waals surface area (Å²) in [5, 5.41) is 4.90. The summed E-state index contributed by atoms with van der Waals surface area (Å²) < 4.78 is 24.9. The van der Waals surface area contributed by atoms with Crippen LogP contribution in [0, 0.1) is 0 Å². The van der Waals surface area contributed by atoms with Gasteiger partial charge in [-0.1, -0.05) is 0 Å².